The Balaban J connectivity index is 2.80. The van der Waals surface area contributed by atoms with Crippen molar-refractivity contribution in [2.45, 2.75) is 47.0 Å². The number of benzene rings is 1. The smallest absolute Gasteiger partial charge is 0.193 e. The maximum atomic E-state index is 6.10. The molecule has 0 fully saturated rings. The number of nitrogens with one attached hydrogen (secondary N) is 1. The molecule has 0 spiro atoms. The number of anilines is 1. The van der Waals surface area contributed by atoms with Gasteiger partial charge in [0.1, 0.15) is 0 Å². The normalized spacial score (nSPS) is 12.5. The molecule has 0 saturated carbocycles. The minimum Gasteiger partial charge on any atom is -0.385 e. The van der Waals surface area contributed by atoms with Gasteiger partial charge in [0.05, 0.1) is 0 Å². The predicted molar refractivity (Wildman–Crippen MR) is 95.6 cm³/mol. The van der Waals surface area contributed by atoms with Crippen LogP contribution in [0.2, 0.25) is 0 Å². The SMILES string of the molecule is CCc1cccc(CC)c1NC(N)=NCC(C)(C)CCOC. The highest BCUT2D eigenvalue weighted by Crippen LogP contribution is 2.23. The van der Waals surface area contributed by atoms with E-state index in [0.717, 1.165) is 31.6 Å². The van der Waals surface area contributed by atoms with Crippen LogP contribution in [0.3, 0.4) is 0 Å². The Labute approximate surface area is 135 Å². The topological polar surface area (TPSA) is 59.6 Å². The van der Waals surface area contributed by atoms with Gasteiger partial charge in [0.15, 0.2) is 5.96 Å². The summed E-state index contributed by atoms with van der Waals surface area (Å²) in [6.45, 7) is 10.1. The number of hydrogen-bond acceptors (Lipinski definition) is 2. The van der Waals surface area contributed by atoms with Crippen LogP contribution in [0.1, 0.15) is 45.2 Å². The number of guanidine groups is 1. The summed E-state index contributed by atoms with van der Waals surface area (Å²) in [6, 6.07) is 6.37. The van der Waals surface area contributed by atoms with E-state index in [1.807, 2.05) is 0 Å². The van der Waals surface area contributed by atoms with E-state index in [9.17, 15) is 0 Å². The highest BCUT2D eigenvalue weighted by Gasteiger charge is 2.17. The van der Waals surface area contributed by atoms with Crippen molar-refractivity contribution in [3.05, 3.63) is 29.3 Å². The number of ether oxygens (including phenoxy) is 1. The van der Waals surface area contributed by atoms with Crippen LogP contribution in [0, 0.1) is 5.41 Å². The minimum absolute atomic E-state index is 0.0835. The molecule has 0 aliphatic carbocycles. The van der Waals surface area contributed by atoms with Gasteiger partial charge in [-0.1, -0.05) is 45.9 Å². The Kier molecular flexibility index (Phi) is 7.39. The summed E-state index contributed by atoms with van der Waals surface area (Å²) in [5.74, 6) is 0.487. The zero-order chi connectivity index (χ0) is 16.6. The van der Waals surface area contributed by atoms with Crippen molar-refractivity contribution >= 4 is 11.6 Å². The molecular weight excluding hydrogens is 274 g/mol. The average molecular weight is 305 g/mol. The lowest BCUT2D eigenvalue weighted by Crippen LogP contribution is -2.27. The molecule has 124 valence electrons. The van der Waals surface area contributed by atoms with E-state index >= 15 is 0 Å². The predicted octanol–water partition coefficient (Wildman–Crippen LogP) is 3.60. The van der Waals surface area contributed by atoms with Gasteiger partial charge in [-0.3, -0.25) is 4.99 Å². The lowest BCUT2D eigenvalue weighted by atomic mass is 9.90. The Bertz CT molecular complexity index is 473. The second-order valence-electron chi connectivity index (χ2n) is 6.39. The third-order valence-corrected chi connectivity index (χ3v) is 3.91. The fraction of sp³-hybridized carbons (Fsp3) is 0.611. The van der Waals surface area contributed by atoms with E-state index in [2.05, 4.69) is 56.2 Å². The van der Waals surface area contributed by atoms with Crippen LogP contribution >= 0.6 is 0 Å². The van der Waals surface area contributed by atoms with E-state index < -0.39 is 0 Å². The van der Waals surface area contributed by atoms with Gasteiger partial charge in [-0.25, -0.2) is 0 Å². The fourth-order valence-corrected chi connectivity index (χ4v) is 2.33. The number of rotatable bonds is 8. The average Bonchev–Trinajstić information content (AvgIpc) is 2.51. The molecule has 0 saturated heterocycles. The standard InChI is InChI=1S/C18H31N3O/c1-6-14-9-8-10-15(7-2)16(14)21-17(19)20-13-18(3,4)11-12-22-5/h8-10H,6-7,11-13H2,1-5H3,(H3,19,20,21). The van der Waals surface area contributed by atoms with E-state index in [0.29, 0.717) is 12.5 Å². The van der Waals surface area contributed by atoms with Crippen molar-refractivity contribution in [2.24, 2.45) is 16.1 Å². The number of aliphatic imine (C=N–C) groups is 1. The molecule has 1 rings (SSSR count). The molecule has 3 N–H and O–H groups in total. The highest BCUT2D eigenvalue weighted by atomic mass is 16.5. The lowest BCUT2D eigenvalue weighted by molar-refractivity contribution is 0.155. The van der Waals surface area contributed by atoms with Gasteiger partial charge in [-0.15, -0.1) is 0 Å². The summed E-state index contributed by atoms with van der Waals surface area (Å²) in [6.07, 6.45) is 2.91. The summed E-state index contributed by atoms with van der Waals surface area (Å²) in [5.41, 5.74) is 9.84. The maximum absolute atomic E-state index is 6.10. The van der Waals surface area contributed by atoms with Crippen molar-refractivity contribution in [3.8, 4) is 0 Å². The monoisotopic (exact) mass is 305 g/mol. The first kappa shape index (κ1) is 18.5. The van der Waals surface area contributed by atoms with Crippen molar-refractivity contribution in [1.29, 1.82) is 0 Å². The minimum atomic E-state index is 0.0835. The van der Waals surface area contributed by atoms with Crippen LogP contribution in [-0.4, -0.2) is 26.2 Å². The highest BCUT2D eigenvalue weighted by molar-refractivity contribution is 5.93. The second-order valence-corrected chi connectivity index (χ2v) is 6.39. The molecule has 0 unspecified atom stereocenters. The van der Waals surface area contributed by atoms with Gasteiger partial charge in [-0.2, -0.15) is 0 Å². The first-order chi connectivity index (χ1) is 10.4. The van der Waals surface area contributed by atoms with Crippen LogP contribution in [0.4, 0.5) is 5.69 Å². The number of nitrogens with zero attached hydrogens (tertiary/aromatic N) is 1. The number of aryl methyl sites for hydroxylation is 2. The molecule has 22 heavy (non-hydrogen) atoms. The van der Waals surface area contributed by atoms with Crippen molar-refractivity contribution in [1.82, 2.24) is 0 Å². The van der Waals surface area contributed by atoms with Crippen molar-refractivity contribution in [3.63, 3.8) is 0 Å². The number of methoxy groups -OCH3 is 1. The summed E-state index contributed by atoms with van der Waals surface area (Å²) < 4.78 is 5.15. The Morgan fingerprint density at radius 1 is 1.23 bits per heavy atom. The number of para-hydroxylation sites is 1. The lowest BCUT2D eigenvalue weighted by Gasteiger charge is -2.22. The van der Waals surface area contributed by atoms with E-state index in [1.54, 1.807) is 7.11 Å². The van der Waals surface area contributed by atoms with Gasteiger partial charge < -0.3 is 15.8 Å². The second kappa shape index (κ2) is 8.79. The molecule has 0 radical (unpaired) electrons. The molecule has 4 heteroatoms. The Hall–Kier alpha value is -1.55. The third kappa shape index (κ3) is 5.68. The van der Waals surface area contributed by atoms with Crippen LogP contribution in [-0.2, 0) is 17.6 Å². The zero-order valence-corrected chi connectivity index (χ0v) is 14.7. The molecule has 1 aromatic rings. The van der Waals surface area contributed by atoms with Crippen molar-refractivity contribution in [2.75, 3.05) is 25.6 Å². The van der Waals surface area contributed by atoms with E-state index in [-0.39, 0.29) is 5.41 Å². The fourth-order valence-electron chi connectivity index (χ4n) is 2.33. The number of nitrogens with two attached hydrogens (primary N) is 1. The summed E-state index contributed by atoms with van der Waals surface area (Å²) >= 11 is 0. The van der Waals surface area contributed by atoms with Gasteiger partial charge in [0.25, 0.3) is 0 Å². The third-order valence-electron chi connectivity index (χ3n) is 3.91. The number of hydrogen-bond donors (Lipinski definition) is 2. The molecule has 0 bridgehead atoms. The van der Waals surface area contributed by atoms with Gasteiger partial charge in [-0.05, 0) is 35.8 Å². The van der Waals surface area contributed by atoms with Crippen LogP contribution in [0.5, 0.6) is 0 Å². The van der Waals surface area contributed by atoms with Gasteiger partial charge in [0, 0.05) is 25.9 Å². The molecule has 0 amide bonds. The largest absolute Gasteiger partial charge is 0.385 e. The quantitative estimate of drug-likeness (QED) is 0.570. The molecular formula is C18H31N3O. The Morgan fingerprint density at radius 2 is 1.82 bits per heavy atom. The summed E-state index contributed by atoms with van der Waals surface area (Å²) in [7, 11) is 1.73. The molecule has 0 aliphatic rings. The first-order valence-electron chi connectivity index (χ1n) is 8.10. The summed E-state index contributed by atoms with van der Waals surface area (Å²) in [5, 5.41) is 3.31. The zero-order valence-electron chi connectivity index (χ0n) is 14.7. The van der Waals surface area contributed by atoms with E-state index in [1.165, 1.54) is 11.1 Å². The van der Waals surface area contributed by atoms with E-state index in [4.69, 9.17) is 10.5 Å². The Morgan fingerprint density at radius 3 is 2.32 bits per heavy atom. The molecule has 0 aromatic heterocycles. The first-order valence-corrected chi connectivity index (χ1v) is 8.10. The maximum Gasteiger partial charge on any atom is 0.193 e. The summed E-state index contributed by atoms with van der Waals surface area (Å²) in [4.78, 5) is 4.52. The molecule has 0 aliphatic heterocycles. The van der Waals surface area contributed by atoms with Gasteiger partial charge in [0.2, 0.25) is 0 Å². The molecule has 1 aromatic carbocycles. The molecule has 0 heterocycles. The van der Waals surface area contributed by atoms with Gasteiger partial charge >= 0.3 is 0 Å². The van der Waals surface area contributed by atoms with Crippen LogP contribution in [0.15, 0.2) is 23.2 Å². The van der Waals surface area contributed by atoms with Crippen LogP contribution in [0.25, 0.3) is 0 Å². The molecule has 4 nitrogen and oxygen atoms in total. The van der Waals surface area contributed by atoms with Crippen molar-refractivity contribution < 1.29 is 4.74 Å². The van der Waals surface area contributed by atoms with Crippen LogP contribution < -0.4 is 11.1 Å². The molecule has 0 atom stereocenters.